The number of hydrogen-bond donors (Lipinski definition) is 0. The molecule has 0 saturated carbocycles. The zero-order chi connectivity index (χ0) is 13.8. The lowest BCUT2D eigenvalue weighted by Gasteiger charge is -2.13. The summed E-state index contributed by atoms with van der Waals surface area (Å²) in [6.45, 7) is 6.56. The van der Waals surface area contributed by atoms with E-state index >= 15 is 0 Å². The molecule has 0 radical (unpaired) electrons. The van der Waals surface area contributed by atoms with Crippen molar-refractivity contribution in [1.29, 1.82) is 0 Å². The Morgan fingerprint density at radius 3 is 2.79 bits per heavy atom. The Hall–Kier alpha value is -1.36. The van der Waals surface area contributed by atoms with Crippen molar-refractivity contribution in [3.05, 3.63) is 40.0 Å². The van der Waals surface area contributed by atoms with Crippen molar-refractivity contribution in [3.8, 4) is 5.75 Å². The summed E-state index contributed by atoms with van der Waals surface area (Å²) < 4.78 is 11.9. The lowest BCUT2D eigenvalue weighted by atomic mass is 10.0. The van der Waals surface area contributed by atoms with Gasteiger partial charge in [-0.1, -0.05) is 41.9 Å². The molecule has 1 aromatic carbocycles. The summed E-state index contributed by atoms with van der Waals surface area (Å²) in [5, 5.41) is 3.84. The maximum atomic E-state index is 5.78. The van der Waals surface area contributed by atoms with Crippen LogP contribution < -0.4 is 4.74 Å². The van der Waals surface area contributed by atoms with Crippen LogP contribution in [0.4, 0.5) is 0 Å². The van der Waals surface area contributed by atoms with Gasteiger partial charge >= 0.3 is 0 Å². The molecule has 0 aliphatic carbocycles. The van der Waals surface area contributed by atoms with Crippen molar-refractivity contribution in [1.82, 2.24) is 10.1 Å². The highest BCUT2D eigenvalue weighted by molar-refractivity contribution is 9.10. The maximum Gasteiger partial charge on any atom is 0.264 e. The summed E-state index contributed by atoms with van der Waals surface area (Å²) in [7, 11) is 0. The molecule has 1 heterocycles. The highest BCUT2D eigenvalue weighted by Crippen LogP contribution is 2.29. The average Bonchev–Trinajstić information content (AvgIpc) is 2.85. The molecule has 0 bridgehead atoms. The van der Waals surface area contributed by atoms with Gasteiger partial charge in [0.05, 0.1) is 0 Å². The van der Waals surface area contributed by atoms with Crippen LogP contribution in [-0.2, 0) is 13.0 Å². The number of hydrogen-bond acceptors (Lipinski definition) is 4. The van der Waals surface area contributed by atoms with Crippen LogP contribution in [0.1, 0.15) is 44.0 Å². The van der Waals surface area contributed by atoms with Gasteiger partial charge in [0.25, 0.3) is 5.89 Å². The molecule has 0 spiro atoms. The third-order valence-corrected chi connectivity index (χ3v) is 3.26. The van der Waals surface area contributed by atoms with Gasteiger partial charge in [-0.05, 0) is 29.7 Å². The summed E-state index contributed by atoms with van der Waals surface area (Å²) >= 11 is 3.48. The van der Waals surface area contributed by atoms with Gasteiger partial charge in [0.2, 0.25) is 0 Å². The Morgan fingerprint density at radius 2 is 2.16 bits per heavy atom. The minimum atomic E-state index is 0.300. The third-order valence-electron chi connectivity index (χ3n) is 2.77. The smallest absolute Gasteiger partial charge is 0.264 e. The second kappa shape index (κ2) is 6.19. The van der Waals surface area contributed by atoms with Gasteiger partial charge in [0.15, 0.2) is 12.4 Å². The Bertz CT molecular complexity index is 552. The van der Waals surface area contributed by atoms with E-state index in [-0.39, 0.29) is 0 Å². The van der Waals surface area contributed by atoms with Crippen molar-refractivity contribution in [2.24, 2.45) is 0 Å². The number of nitrogens with zero attached hydrogens (tertiary/aromatic N) is 2. The largest absolute Gasteiger partial charge is 0.483 e. The van der Waals surface area contributed by atoms with Gasteiger partial charge in [-0.2, -0.15) is 4.98 Å². The number of aromatic nitrogens is 2. The molecule has 0 atom stereocenters. The van der Waals surface area contributed by atoms with Gasteiger partial charge in [0, 0.05) is 10.9 Å². The normalized spacial score (nSPS) is 11.0. The fourth-order valence-corrected chi connectivity index (χ4v) is 2.11. The minimum absolute atomic E-state index is 0.300. The first-order valence-electron chi connectivity index (χ1n) is 6.33. The average molecular weight is 325 g/mol. The van der Waals surface area contributed by atoms with Crippen LogP contribution in [0.2, 0.25) is 0 Å². The molecular formula is C14H17BrN2O2. The number of benzene rings is 1. The predicted molar refractivity (Wildman–Crippen MR) is 76.2 cm³/mol. The van der Waals surface area contributed by atoms with Gasteiger partial charge in [-0.15, -0.1) is 0 Å². The summed E-state index contributed by atoms with van der Waals surface area (Å²) in [5.41, 5.74) is 1.16. The van der Waals surface area contributed by atoms with Crippen LogP contribution in [-0.4, -0.2) is 10.1 Å². The summed E-state index contributed by atoms with van der Waals surface area (Å²) in [6.07, 6.45) is 0.763. The second-order valence-electron chi connectivity index (χ2n) is 4.58. The molecule has 0 unspecified atom stereocenters. The van der Waals surface area contributed by atoms with Crippen LogP contribution in [0.15, 0.2) is 27.2 Å². The molecule has 0 saturated heterocycles. The van der Waals surface area contributed by atoms with Crippen molar-refractivity contribution in [3.63, 3.8) is 0 Å². The van der Waals surface area contributed by atoms with Crippen molar-refractivity contribution in [2.45, 2.75) is 39.7 Å². The first-order chi connectivity index (χ1) is 9.10. The van der Waals surface area contributed by atoms with Crippen LogP contribution in [0, 0.1) is 0 Å². The second-order valence-corrected chi connectivity index (χ2v) is 5.50. The quantitative estimate of drug-likeness (QED) is 0.830. The lowest BCUT2D eigenvalue weighted by molar-refractivity contribution is 0.240. The molecule has 4 nitrogen and oxygen atoms in total. The Morgan fingerprint density at radius 1 is 1.37 bits per heavy atom. The molecule has 0 aliphatic rings. The van der Waals surface area contributed by atoms with E-state index in [4.69, 9.17) is 9.26 Å². The third kappa shape index (κ3) is 3.56. The standard InChI is InChI=1S/C14H17BrN2O2/c1-4-13-16-14(19-17-13)8-18-12-6-5-10(15)7-11(12)9(2)3/h5-7,9H,4,8H2,1-3H3. The van der Waals surface area contributed by atoms with Crippen molar-refractivity contribution >= 4 is 15.9 Å². The topological polar surface area (TPSA) is 48.2 Å². The van der Waals surface area contributed by atoms with Crippen LogP contribution in [0.25, 0.3) is 0 Å². The van der Waals surface area contributed by atoms with E-state index in [1.807, 2.05) is 19.1 Å². The molecule has 0 aliphatic heterocycles. The van der Waals surface area contributed by atoms with Crippen molar-refractivity contribution < 1.29 is 9.26 Å². The zero-order valence-corrected chi connectivity index (χ0v) is 12.9. The molecule has 2 rings (SSSR count). The maximum absolute atomic E-state index is 5.78. The number of rotatable bonds is 5. The minimum Gasteiger partial charge on any atom is -0.483 e. The Balaban J connectivity index is 2.10. The number of aryl methyl sites for hydroxylation is 1. The van der Waals surface area contributed by atoms with E-state index in [2.05, 4.69) is 46.0 Å². The lowest BCUT2D eigenvalue weighted by Crippen LogP contribution is -2.00. The van der Waals surface area contributed by atoms with Crippen LogP contribution >= 0.6 is 15.9 Å². The predicted octanol–water partition coefficient (Wildman–Crippen LogP) is 4.10. The summed E-state index contributed by atoms with van der Waals surface area (Å²) in [5.74, 6) is 2.46. The molecule has 2 aromatic rings. The van der Waals surface area contributed by atoms with Gasteiger partial charge in [-0.25, -0.2) is 0 Å². The zero-order valence-electron chi connectivity index (χ0n) is 11.3. The monoisotopic (exact) mass is 324 g/mol. The first kappa shape index (κ1) is 14.1. The summed E-state index contributed by atoms with van der Waals surface area (Å²) in [4.78, 5) is 4.22. The fraction of sp³-hybridized carbons (Fsp3) is 0.429. The molecule has 102 valence electrons. The number of ether oxygens (including phenoxy) is 1. The summed E-state index contributed by atoms with van der Waals surface area (Å²) in [6, 6.07) is 5.99. The Kier molecular flexibility index (Phi) is 4.58. The van der Waals surface area contributed by atoms with E-state index in [9.17, 15) is 0 Å². The van der Waals surface area contributed by atoms with Gasteiger partial charge in [0.1, 0.15) is 5.75 Å². The molecule has 5 heteroatoms. The highest BCUT2D eigenvalue weighted by Gasteiger charge is 2.11. The SMILES string of the molecule is CCc1noc(COc2ccc(Br)cc2C(C)C)n1. The van der Waals surface area contributed by atoms with E-state index in [0.29, 0.717) is 24.2 Å². The number of halogens is 1. The first-order valence-corrected chi connectivity index (χ1v) is 7.13. The molecule has 0 amide bonds. The van der Waals surface area contributed by atoms with E-state index in [1.54, 1.807) is 0 Å². The molecule has 0 fully saturated rings. The van der Waals surface area contributed by atoms with E-state index in [0.717, 1.165) is 22.2 Å². The van der Waals surface area contributed by atoms with Crippen LogP contribution in [0.5, 0.6) is 5.75 Å². The molecule has 0 N–H and O–H groups in total. The highest BCUT2D eigenvalue weighted by atomic mass is 79.9. The Labute approximate surface area is 121 Å². The van der Waals surface area contributed by atoms with E-state index in [1.165, 1.54) is 0 Å². The fourth-order valence-electron chi connectivity index (χ4n) is 1.73. The van der Waals surface area contributed by atoms with E-state index < -0.39 is 0 Å². The van der Waals surface area contributed by atoms with Gasteiger partial charge in [-0.3, -0.25) is 0 Å². The molecule has 1 aromatic heterocycles. The molecule has 19 heavy (non-hydrogen) atoms. The van der Waals surface area contributed by atoms with Crippen LogP contribution in [0.3, 0.4) is 0 Å². The van der Waals surface area contributed by atoms with Crippen molar-refractivity contribution in [2.75, 3.05) is 0 Å². The van der Waals surface area contributed by atoms with Gasteiger partial charge < -0.3 is 9.26 Å². The molecular weight excluding hydrogens is 308 g/mol.